The van der Waals surface area contributed by atoms with Gasteiger partial charge in [0.1, 0.15) is 0 Å². The molecule has 0 unspecified atom stereocenters. The van der Waals surface area contributed by atoms with Crippen molar-refractivity contribution in [3.8, 4) is 5.69 Å². The zero-order chi connectivity index (χ0) is 10.8. The second kappa shape index (κ2) is 3.65. The maximum atomic E-state index is 11.2. The highest BCUT2D eigenvalue weighted by atomic mass is 16.1. The van der Waals surface area contributed by atoms with E-state index in [4.69, 9.17) is 0 Å². The Labute approximate surface area is 87.6 Å². The molecule has 2 aromatic heterocycles. The molecule has 0 fully saturated rings. The van der Waals surface area contributed by atoms with Gasteiger partial charge >= 0.3 is 0 Å². The Balaban J connectivity index is 2.52. The Hall–Kier alpha value is -1.97. The maximum Gasteiger partial charge on any atom is 0.163 e. The average Bonchev–Trinajstić information content (AvgIpc) is 2.61. The SMILES string of the molecule is CC(=O)c1cnn(-c2ccncc2)c1C. The number of carbonyl (C=O) groups excluding carboxylic acids is 1. The summed E-state index contributed by atoms with van der Waals surface area (Å²) in [7, 11) is 0. The lowest BCUT2D eigenvalue weighted by atomic mass is 10.2. The van der Waals surface area contributed by atoms with Crippen molar-refractivity contribution < 1.29 is 4.79 Å². The molecule has 0 aliphatic rings. The number of Topliss-reactive ketones (excluding diaryl/α,β-unsaturated/α-hetero) is 1. The third-order valence-corrected chi connectivity index (χ3v) is 2.30. The Morgan fingerprint density at radius 1 is 1.33 bits per heavy atom. The minimum Gasteiger partial charge on any atom is -0.294 e. The highest BCUT2D eigenvalue weighted by Crippen LogP contribution is 2.13. The molecule has 0 radical (unpaired) electrons. The number of rotatable bonds is 2. The second-order valence-electron chi connectivity index (χ2n) is 3.32. The molecule has 0 aliphatic carbocycles. The van der Waals surface area contributed by atoms with Gasteiger partial charge in [0.25, 0.3) is 0 Å². The molecule has 0 atom stereocenters. The Bertz CT molecular complexity index is 488. The van der Waals surface area contributed by atoms with E-state index in [2.05, 4.69) is 10.1 Å². The van der Waals surface area contributed by atoms with Crippen LogP contribution in [0.1, 0.15) is 23.0 Å². The van der Waals surface area contributed by atoms with Crippen LogP contribution in [0.3, 0.4) is 0 Å². The molecule has 4 heteroatoms. The summed E-state index contributed by atoms with van der Waals surface area (Å²) in [5.41, 5.74) is 2.43. The summed E-state index contributed by atoms with van der Waals surface area (Å²) in [4.78, 5) is 15.2. The molecule has 0 saturated heterocycles. The maximum absolute atomic E-state index is 11.2. The van der Waals surface area contributed by atoms with Gasteiger partial charge in [-0.2, -0.15) is 5.10 Å². The second-order valence-corrected chi connectivity index (χ2v) is 3.32. The van der Waals surface area contributed by atoms with E-state index in [1.807, 2.05) is 19.1 Å². The van der Waals surface area contributed by atoms with Crippen molar-refractivity contribution in [1.29, 1.82) is 0 Å². The molecule has 15 heavy (non-hydrogen) atoms. The number of nitrogens with zero attached hydrogens (tertiary/aromatic N) is 3. The molecule has 2 rings (SSSR count). The molecule has 0 spiro atoms. The monoisotopic (exact) mass is 201 g/mol. The Morgan fingerprint density at radius 2 is 2.00 bits per heavy atom. The van der Waals surface area contributed by atoms with Crippen LogP contribution in [0.4, 0.5) is 0 Å². The number of hydrogen-bond donors (Lipinski definition) is 0. The van der Waals surface area contributed by atoms with Gasteiger partial charge in [-0.05, 0) is 26.0 Å². The minimum absolute atomic E-state index is 0.0350. The summed E-state index contributed by atoms with van der Waals surface area (Å²) < 4.78 is 1.73. The van der Waals surface area contributed by atoms with E-state index in [1.165, 1.54) is 0 Å². The highest BCUT2D eigenvalue weighted by Gasteiger charge is 2.10. The lowest BCUT2D eigenvalue weighted by molar-refractivity contribution is 0.101. The molecule has 0 N–H and O–H groups in total. The topological polar surface area (TPSA) is 47.8 Å². The van der Waals surface area contributed by atoms with Crippen molar-refractivity contribution in [3.63, 3.8) is 0 Å². The van der Waals surface area contributed by atoms with Crippen molar-refractivity contribution >= 4 is 5.78 Å². The lowest BCUT2D eigenvalue weighted by Crippen LogP contribution is -2.00. The van der Waals surface area contributed by atoms with Gasteiger partial charge in [0.2, 0.25) is 0 Å². The van der Waals surface area contributed by atoms with E-state index >= 15 is 0 Å². The van der Waals surface area contributed by atoms with Gasteiger partial charge in [-0.1, -0.05) is 0 Å². The molecule has 0 saturated carbocycles. The third kappa shape index (κ3) is 1.66. The van der Waals surface area contributed by atoms with Crippen molar-refractivity contribution in [1.82, 2.24) is 14.8 Å². The average molecular weight is 201 g/mol. The highest BCUT2D eigenvalue weighted by molar-refractivity contribution is 5.95. The van der Waals surface area contributed by atoms with Crippen LogP contribution < -0.4 is 0 Å². The molecule has 2 aromatic rings. The van der Waals surface area contributed by atoms with Crippen LogP contribution >= 0.6 is 0 Å². The summed E-state index contributed by atoms with van der Waals surface area (Å²) in [6.07, 6.45) is 4.99. The van der Waals surface area contributed by atoms with Gasteiger partial charge in [0.15, 0.2) is 5.78 Å². The molecular formula is C11H11N3O. The molecule has 0 amide bonds. The van der Waals surface area contributed by atoms with Crippen LogP contribution in [0, 0.1) is 6.92 Å². The van der Waals surface area contributed by atoms with Gasteiger partial charge in [0.05, 0.1) is 23.1 Å². The predicted molar refractivity (Wildman–Crippen MR) is 56.1 cm³/mol. The first-order valence-corrected chi connectivity index (χ1v) is 4.66. The molecule has 0 aromatic carbocycles. The molecule has 0 aliphatic heterocycles. The van der Waals surface area contributed by atoms with E-state index in [0.29, 0.717) is 5.56 Å². The predicted octanol–water partition coefficient (Wildman–Crippen LogP) is 1.78. The quantitative estimate of drug-likeness (QED) is 0.696. The van der Waals surface area contributed by atoms with E-state index < -0.39 is 0 Å². The van der Waals surface area contributed by atoms with E-state index in [-0.39, 0.29) is 5.78 Å². The summed E-state index contributed by atoms with van der Waals surface area (Å²) in [5, 5.41) is 4.18. The van der Waals surface area contributed by atoms with Crippen molar-refractivity contribution in [3.05, 3.63) is 42.0 Å². The molecule has 0 bridgehead atoms. The van der Waals surface area contributed by atoms with Crippen LogP contribution in [0.15, 0.2) is 30.7 Å². The number of ketones is 1. The van der Waals surface area contributed by atoms with Crippen molar-refractivity contribution in [2.45, 2.75) is 13.8 Å². The molecular weight excluding hydrogens is 190 g/mol. The minimum atomic E-state index is 0.0350. The fourth-order valence-electron chi connectivity index (χ4n) is 1.50. The summed E-state index contributed by atoms with van der Waals surface area (Å²) in [6, 6.07) is 3.70. The Kier molecular flexibility index (Phi) is 2.33. The largest absolute Gasteiger partial charge is 0.294 e. The van der Waals surface area contributed by atoms with Crippen molar-refractivity contribution in [2.24, 2.45) is 0 Å². The van der Waals surface area contributed by atoms with Crippen LogP contribution in [0.2, 0.25) is 0 Å². The van der Waals surface area contributed by atoms with Crippen LogP contribution in [0.25, 0.3) is 5.69 Å². The summed E-state index contributed by atoms with van der Waals surface area (Å²) in [6.45, 7) is 3.42. The standard InChI is InChI=1S/C11H11N3O/c1-8-11(9(2)15)7-13-14(8)10-3-5-12-6-4-10/h3-7H,1-2H3. The first kappa shape index (κ1) is 9.58. The third-order valence-electron chi connectivity index (χ3n) is 2.30. The zero-order valence-corrected chi connectivity index (χ0v) is 8.64. The smallest absolute Gasteiger partial charge is 0.163 e. The number of pyridine rings is 1. The number of aromatic nitrogens is 3. The lowest BCUT2D eigenvalue weighted by Gasteiger charge is -2.03. The first-order chi connectivity index (χ1) is 7.20. The van der Waals surface area contributed by atoms with Gasteiger partial charge in [-0.3, -0.25) is 9.78 Å². The molecule has 2 heterocycles. The van der Waals surface area contributed by atoms with Crippen LogP contribution in [-0.4, -0.2) is 20.5 Å². The fraction of sp³-hybridized carbons (Fsp3) is 0.182. The first-order valence-electron chi connectivity index (χ1n) is 4.66. The molecule has 4 nitrogen and oxygen atoms in total. The van der Waals surface area contributed by atoms with Crippen LogP contribution in [0.5, 0.6) is 0 Å². The fourth-order valence-corrected chi connectivity index (χ4v) is 1.50. The van der Waals surface area contributed by atoms with Gasteiger partial charge in [-0.15, -0.1) is 0 Å². The van der Waals surface area contributed by atoms with E-state index in [1.54, 1.807) is 30.2 Å². The van der Waals surface area contributed by atoms with E-state index in [0.717, 1.165) is 11.4 Å². The normalized spacial score (nSPS) is 10.3. The Morgan fingerprint density at radius 3 is 2.53 bits per heavy atom. The number of carbonyl (C=O) groups is 1. The zero-order valence-electron chi connectivity index (χ0n) is 8.64. The van der Waals surface area contributed by atoms with Crippen LogP contribution in [-0.2, 0) is 0 Å². The van der Waals surface area contributed by atoms with Gasteiger partial charge < -0.3 is 0 Å². The summed E-state index contributed by atoms with van der Waals surface area (Å²) in [5.74, 6) is 0.0350. The summed E-state index contributed by atoms with van der Waals surface area (Å²) >= 11 is 0. The number of hydrogen-bond acceptors (Lipinski definition) is 3. The van der Waals surface area contributed by atoms with Gasteiger partial charge in [-0.25, -0.2) is 4.68 Å². The van der Waals surface area contributed by atoms with E-state index in [9.17, 15) is 4.79 Å². The van der Waals surface area contributed by atoms with Gasteiger partial charge in [0, 0.05) is 12.4 Å². The van der Waals surface area contributed by atoms with Crippen molar-refractivity contribution in [2.75, 3.05) is 0 Å². The molecule has 76 valence electrons.